The molecule has 180 valence electrons. The minimum absolute atomic E-state index is 0.0736. The second-order valence-electron chi connectivity index (χ2n) is 8.16. The zero-order valence-electron chi connectivity index (χ0n) is 19.5. The molecule has 1 N–H and O–H groups in total. The Labute approximate surface area is 203 Å². The first-order chi connectivity index (χ1) is 16.5. The van der Waals surface area contributed by atoms with E-state index in [1.165, 1.54) is 11.8 Å². The third-order valence-corrected chi connectivity index (χ3v) is 6.87. The van der Waals surface area contributed by atoms with E-state index in [2.05, 4.69) is 10.2 Å². The van der Waals surface area contributed by atoms with E-state index in [1.807, 2.05) is 43.3 Å². The number of benzene rings is 2. The van der Waals surface area contributed by atoms with Crippen molar-refractivity contribution in [2.75, 3.05) is 45.3 Å². The number of fused-ring (bicyclic) bond motifs is 1. The highest BCUT2D eigenvalue weighted by Crippen LogP contribution is 2.25. The summed E-state index contributed by atoms with van der Waals surface area (Å²) in [6, 6.07) is 14.6. The highest BCUT2D eigenvalue weighted by Gasteiger charge is 2.20. The fourth-order valence-electron chi connectivity index (χ4n) is 3.87. The number of para-hydroxylation sites is 1. The summed E-state index contributed by atoms with van der Waals surface area (Å²) in [4.78, 5) is 33.3. The molecule has 0 bridgehead atoms. The fourth-order valence-corrected chi connectivity index (χ4v) is 4.80. The number of rotatable bonds is 9. The topological polar surface area (TPSA) is 85.7 Å². The van der Waals surface area contributed by atoms with Crippen LogP contribution in [0.4, 0.5) is 5.69 Å². The van der Waals surface area contributed by atoms with Gasteiger partial charge in [-0.25, -0.2) is 4.98 Å². The molecule has 1 atom stereocenters. The van der Waals surface area contributed by atoms with E-state index in [0.29, 0.717) is 34.0 Å². The average molecular weight is 483 g/mol. The van der Waals surface area contributed by atoms with Crippen molar-refractivity contribution < 1.29 is 14.3 Å². The Morgan fingerprint density at radius 3 is 2.76 bits per heavy atom. The number of ether oxygens (including phenoxy) is 2. The molecule has 0 aliphatic carbocycles. The number of aromatic nitrogens is 2. The van der Waals surface area contributed by atoms with E-state index in [9.17, 15) is 9.59 Å². The quantitative estimate of drug-likeness (QED) is 0.370. The molecule has 0 unspecified atom stereocenters. The van der Waals surface area contributed by atoms with Crippen molar-refractivity contribution in [2.24, 2.45) is 0 Å². The van der Waals surface area contributed by atoms with Crippen LogP contribution in [0.15, 0.2) is 58.5 Å². The van der Waals surface area contributed by atoms with Crippen molar-refractivity contribution in [3.8, 4) is 5.75 Å². The summed E-state index contributed by atoms with van der Waals surface area (Å²) < 4.78 is 12.4. The summed E-state index contributed by atoms with van der Waals surface area (Å²) in [6.07, 6.45) is 0.817. The zero-order chi connectivity index (χ0) is 23.9. The van der Waals surface area contributed by atoms with Gasteiger partial charge >= 0.3 is 0 Å². The largest absolute Gasteiger partial charge is 0.497 e. The zero-order valence-corrected chi connectivity index (χ0v) is 20.3. The van der Waals surface area contributed by atoms with Crippen molar-refractivity contribution in [3.63, 3.8) is 0 Å². The minimum atomic E-state index is -0.454. The predicted octanol–water partition coefficient (Wildman–Crippen LogP) is 3.25. The van der Waals surface area contributed by atoms with E-state index in [-0.39, 0.29) is 11.5 Å². The Bertz CT molecular complexity index is 1190. The standard InChI is InChI=1S/C25H30N4O4S/c1-18(23(30)26-19-7-5-8-20(17-19)32-2)34-25-27-22-10-4-3-9-21(22)24(31)29(25)12-6-11-28-13-15-33-16-14-28/h3-5,7-10,17-18H,6,11-16H2,1-2H3,(H,26,30)/t18-/m1/s1. The average Bonchev–Trinajstić information content (AvgIpc) is 2.86. The summed E-state index contributed by atoms with van der Waals surface area (Å²) in [5, 5.41) is 3.61. The second-order valence-corrected chi connectivity index (χ2v) is 9.47. The maximum absolute atomic E-state index is 13.3. The third-order valence-electron chi connectivity index (χ3n) is 5.78. The van der Waals surface area contributed by atoms with Gasteiger partial charge in [-0.15, -0.1) is 0 Å². The second kappa shape index (κ2) is 11.5. The van der Waals surface area contributed by atoms with Gasteiger partial charge in [0.1, 0.15) is 5.75 Å². The molecule has 1 amide bonds. The molecular formula is C25H30N4O4S. The predicted molar refractivity (Wildman–Crippen MR) is 135 cm³/mol. The number of nitrogens with one attached hydrogen (secondary N) is 1. The van der Waals surface area contributed by atoms with Crippen LogP contribution in [-0.2, 0) is 16.1 Å². The molecule has 0 spiro atoms. The van der Waals surface area contributed by atoms with Crippen LogP contribution in [0.3, 0.4) is 0 Å². The number of methoxy groups -OCH3 is 1. The minimum Gasteiger partial charge on any atom is -0.497 e. The number of anilines is 1. The van der Waals surface area contributed by atoms with Gasteiger partial charge in [-0.2, -0.15) is 0 Å². The van der Waals surface area contributed by atoms with Gasteiger partial charge in [-0.05, 0) is 37.6 Å². The van der Waals surface area contributed by atoms with Crippen molar-refractivity contribution in [1.82, 2.24) is 14.5 Å². The van der Waals surface area contributed by atoms with Crippen molar-refractivity contribution in [3.05, 3.63) is 58.9 Å². The molecule has 8 nitrogen and oxygen atoms in total. The molecule has 2 heterocycles. The lowest BCUT2D eigenvalue weighted by molar-refractivity contribution is -0.115. The van der Waals surface area contributed by atoms with E-state index >= 15 is 0 Å². The van der Waals surface area contributed by atoms with Crippen LogP contribution in [0.25, 0.3) is 10.9 Å². The summed E-state index contributed by atoms with van der Waals surface area (Å²) in [5.41, 5.74) is 1.22. The van der Waals surface area contributed by atoms with Crippen molar-refractivity contribution >= 4 is 34.3 Å². The van der Waals surface area contributed by atoms with Crippen LogP contribution in [0, 0.1) is 0 Å². The summed E-state index contributed by atoms with van der Waals surface area (Å²) in [5.74, 6) is 0.504. The number of amides is 1. The molecule has 1 aliphatic heterocycles. The Hall–Kier alpha value is -2.88. The van der Waals surface area contributed by atoms with Crippen LogP contribution in [0.5, 0.6) is 5.75 Å². The van der Waals surface area contributed by atoms with Crippen LogP contribution in [-0.4, -0.2) is 65.6 Å². The van der Waals surface area contributed by atoms with Gasteiger partial charge in [0.25, 0.3) is 5.56 Å². The number of carbonyl (C=O) groups excluding carboxylic acids is 1. The van der Waals surface area contributed by atoms with Gasteiger partial charge < -0.3 is 14.8 Å². The normalized spacial score (nSPS) is 15.2. The number of hydrogen-bond acceptors (Lipinski definition) is 7. The van der Waals surface area contributed by atoms with Gasteiger partial charge in [0.2, 0.25) is 5.91 Å². The lowest BCUT2D eigenvalue weighted by atomic mass is 10.2. The lowest BCUT2D eigenvalue weighted by Crippen LogP contribution is -2.37. The number of morpholine rings is 1. The molecule has 34 heavy (non-hydrogen) atoms. The van der Waals surface area contributed by atoms with Gasteiger partial charge in [0, 0.05) is 37.9 Å². The van der Waals surface area contributed by atoms with Gasteiger partial charge in [-0.3, -0.25) is 19.1 Å². The first kappa shape index (κ1) is 24.3. The van der Waals surface area contributed by atoms with E-state index < -0.39 is 5.25 Å². The first-order valence-corrected chi connectivity index (χ1v) is 12.3. The van der Waals surface area contributed by atoms with Crippen LogP contribution in [0.2, 0.25) is 0 Å². The molecule has 2 aromatic carbocycles. The lowest BCUT2D eigenvalue weighted by Gasteiger charge is -2.26. The molecule has 1 fully saturated rings. The molecule has 0 saturated carbocycles. The highest BCUT2D eigenvalue weighted by atomic mass is 32.2. The van der Waals surface area contributed by atoms with Crippen LogP contribution >= 0.6 is 11.8 Å². The van der Waals surface area contributed by atoms with Gasteiger partial charge in [-0.1, -0.05) is 30.0 Å². The molecule has 1 aliphatic rings. The van der Waals surface area contributed by atoms with Gasteiger partial charge in [0.05, 0.1) is 36.5 Å². The van der Waals surface area contributed by atoms with Crippen LogP contribution < -0.4 is 15.6 Å². The van der Waals surface area contributed by atoms with Crippen LogP contribution in [0.1, 0.15) is 13.3 Å². The molecule has 1 saturated heterocycles. The Balaban J connectivity index is 1.51. The number of thioether (sulfide) groups is 1. The first-order valence-electron chi connectivity index (χ1n) is 11.5. The molecule has 0 radical (unpaired) electrons. The Morgan fingerprint density at radius 1 is 1.18 bits per heavy atom. The third kappa shape index (κ3) is 5.97. The smallest absolute Gasteiger partial charge is 0.262 e. The molecule has 4 rings (SSSR count). The molecular weight excluding hydrogens is 452 g/mol. The molecule has 3 aromatic rings. The van der Waals surface area contributed by atoms with E-state index in [1.54, 1.807) is 23.8 Å². The summed E-state index contributed by atoms with van der Waals surface area (Å²) in [6.45, 7) is 6.57. The number of carbonyl (C=O) groups is 1. The van der Waals surface area contributed by atoms with E-state index in [0.717, 1.165) is 39.3 Å². The summed E-state index contributed by atoms with van der Waals surface area (Å²) >= 11 is 1.30. The maximum atomic E-state index is 13.3. The van der Waals surface area contributed by atoms with Crippen molar-refractivity contribution in [2.45, 2.75) is 30.3 Å². The maximum Gasteiger partial charge on any atom is 0.262 e. The SMILES string of the molecule is COc1cccc(NC(=O)[C@@H](C)Sc2nc3ccccc3c(=O)n2CCCN2CCOCC2)c1. The Kier molecular flexibility index (Phi) is 8.21. The Morgan fingerprint density at radius 2 is 1.97 bits per heavy atom. The van der Waals surface area contributed by atoms with Crippen molar-refractivity contribution in [1.29, 1.82) is 0 Å². The fraction of sp³-hybridized carbons (Fsp3) is 0.400. The van der Waals surface area contributed by atoms with E-state index in [4.69, 9.17) is 14.5 Å². The van der Waals surface area contributed by atoms with Gasteiger partial charge in [0.15, 0.2) is 5.16 Å². The number of hydrogen-bond donors (Lipinski definition) is 1. The highest BCUT2D eigenvalue weighted by molar-refractivity contribution is 8.00. The monoisotopic (exact) mass is 482 g/mol. The molecule has 9 heteroatoms. The molecule has 1 aromatic heterocycles. The number of nitrogens with zero attached hydrogens (tertiary/aromatic N) is 3. The summed E-state index contributed by atoms with van der Waals surface area (Å²) in [7, 11) is 1.59.